The van der Waals surface area contributed by atoms with Gasteiger partial charge >= 0.3 is 12.1 Å². The van der Waals surface area contributed by atoms with Gasteiger partial charge in [0.05, 0.1) is 66.2 Å². The Morgan fingerprint density at radius 1 is 0.585 bits per heavy atom. The van der Waals surface area contributed by atoms with Crippen LogP contribution in [0.5, 0.6) is 11.5 Å². The number of hydrogen-bond acceptors (Lipinski definition) is 15. The van der Waals surface area contributed by atoms with E-state index < -0.39 is 83.0 Å². The Labute approximate surface area is 498 Å². The highest BCUT2D eigenvalue weighted by Gasteiger charge is 2.35. The number of phenolic OH excluding ortho intramolecular Hbond substituents is 2. The second kappa shape index (κ2) is 29.9. The summed E-state index contributed by atoms with van der Waals surface area (Å²) < 4.78 is 96.3. The van der Waals surface area contributed by atoms with Gasteiger partial charge in [-0.15, -0.1) is 35.3 Å². The van der Waals surface area contributed by atoms with Crippen LogP contribution in [0.15, 0.2) is 140 Å². The molecular weight excluding hydrogens is 1240 g/mol. The Hall–Kier alpha value is -6.16. The van der Waals surface area contributed by atoms with Gasteiger partial charge in [-0.05, 0) is 122 Å². The summed E-state index contributed by atoms with van der Waals surface area (Å²) in [5.74, 6) is -4.33. The van der Waals surface area contributed by atoms with Gasteiger partial charge in [-0.2, -0.15) is 13.2 Å². The molecule has 0 saturated carbocycles. The van der Waals surface area contributed by atoms with Gasteiger partial charge in [0.25, 0.3) is 11.8 Å². The first-order valence-corrected chi connectivity index (χ1v) is 31.5. The molecule has 0 radical (unpaired) electrons. The number of carbonyl (C=O) groups excluding carboxylic acids is 4. The van der Waals surface area contributed by atoms with Gasteiger partial charge in [-0.25, -0.2) is 16.8 Å². The SMILES string of the molecule is CCC(C(=O)Nc1cc(O)c(NC(=O)c2ccc(C(F)(F)F)cc2)cc1Cl)S(=O)(=O)c1ccc(SCCOC)cc1.CCC(C(=O)Nc1cc(O)c(NC(=O)c2ccc(Cl)c(Cl)c2)cc1SCCC(=O)O)S(=O)(=O)c1ccc(SC)cc1. The summed E-state index contributed by atoms with van der Waals surface area (Å²) in [6, 6.07) is 24.7. The number of hydrogen-bond donors (Lipinski definition) is 7. The van der Waals surface area contributed by atoms with Gasteiger partial charge < -0.3 is 41.3 Å². The molecule has 2 atom stereocenters. The van der Waals surface area contributed by atoms with E-state index in [0.717, 1.165) is 64.0 Å². The number of aromatic hydroxyl groups is 2. The van der Waals surface area contributed by atoms with E-state index in [4.69, 9.17) is 44.6 Å². The number of nitrogens with one attached hydrogen (secondary N) is 4. The smallest absolute Gasteiger partial charge is 0.416 e. The number of thioether (sulfide) groups is 3. The molecular formula is C54H52Cl3F3N4O13S5. The van der Waals surface area contributed by atoms with E-state index in [1.54, 1.807) is 38.3 Å². The summed E-state index contributed by atoms with van der Waals surface area (Å²) in [6.07, 6.45) is -2.99. The molecule has 17 nitrogen and oxygen atoms in total. The molecule has 6 aromatic carbocycles. The summed E-state index contributed by atoms with van der Waals surface area (Å²) in [5, 5.41) is 37.4. The zero-order valence-electron chi connectivity index (χ0n) is 43.6. The van der Waals surface area contributed by atoms with Crippen LogP contribution >= 0.6 is 70.1 Å². The quantitative estimate of drug-likeness (QED) is 0.0178. The van der Waals surface area contributed by atoms with E-state index in [-0.39, 0.29) is 83.8 Å². The number of sulfone groups is 2. The maximum Gasteiger partial charge on any atom is 0.416 e. The predicted molar refractivity (Wildman–Crippen MR) is 315 cm³/mol. The largest absolute Gasteiger partial charge is 0.506 e. The Morgan fingerprint density at radius 2 is 1.07 bits per heavy atom. The number of carbonyl (C=O) groups is 5. The third-order valence-corrected chi connectivity index (χ3v) is 19.9. The van der Waals surface area contributed by atoms with Gasteiger partial charge in [-0.3, -0.25) is 24.0 Å². The van der Waals surface area contributed by atoms with Gasteiger partial charge in [0, 0.05) is 56.6 Å². The summed E-state index contributed by atoms with van der Waals surface area (Å²) in [7, 11) is -6.55. The molecule has 0 aliphatic rings. The van der Waals surface area contributed by atoms with Crippen molar-refractivity contribution < 1.29 is 74.0 Å². The molecule has 0 heterocycles. The lowest BCUT2D eigenvalue weighted by Gasteiger charge is -2.19. The highest BCUT2D eigenvalue weighted by atomic mass is 35.5. The topological polar surface area (TPSA) is 272 Å². The number of phenols is 2. The van der Waals surface area contributed by atoms with Gasteiger partial charge in [0.2, 0.25) is 11.8 Å². The standard InChI is InChI=1S/C27H26Cl2N2O7S3.C27H26ClF3N2O6S2/c1-3-24(41(37,38)17-7-5-16(39-2)6-8-17)27(36)31-21-13-22(32)20(14-23(21)40-11-10-25(33)34)30-26(35)15-4-9-18(28)19(29)12-15;1-3-24(41(37,38)19-10-8-18(9-11-19)40-13-12-39-2)26(36)32-21-15-23(34)22(14-20(21)28)33-25(35)16-4-6-17(7-5-16)27(29,30)31/h4-9,12-14,24,32H,3,10-11H2,1-2H3,(H,30,35)(H,31,36)(H,33,34);4-11,14-15,24,34H,3,12-13H2,1-2H3,(H,32,36)(H,33,35). The average molecular weight is 1290 g/mol. The lowest BCUT2D eigenvalue weighted by Crippen LogP contribution is -2.35. The van der Waals surface area contributed by atoms with E-state index in [1.165, 1.54) is 79.0 Å². The molecule has 0 bridgehead atoms. The highest BCUT2D eigenvalue weighted by Crippen LogP contribution is 2.39. The molecule has 7 N–H and O–H groups in total. The molecule has 82 heavy (non-hydrogen) atoms. The van der Waals surface area contributed by atoms with Gasteiger partial charge in [0.15, 0.2) is 19.7 Å². The number of carboxylic acids is 1. The lowest BCUT2D eigenvalue weighted by molar-refractivity contribution is -0.138. The number of ether oxygens (including phenoxy) is 1. The van der Waals surface area contributed by atoms with Crippen LogP contribution in [0.2, 0.25) is 15.1 Å². The lowest BCUT2D eigenvalue weighted by atomic mass is 10.1. The average Bonchev–Trinajstić information content (AvgIpc) is 3.61. The van der Waals surface area contributed by atoms with Crippen LogP contribution in [-0.2, 0) is 45.0 Å². The molecule has 0 aliphatic heterocycles. The van der Waals surface area contributed by atoms with Crippen LogP contribution < -0.4 is 21.3 Å². The number of methoxy groups -OCH3 is 1. The third-order valence-electron chi connectivity index (χ3n) is 11.6. The van der Waals surface area contributed by atoms with Crippen molar-refractivity contribution >= 4 is 142 Å². The summed E-state index contributed by atoms with van der Waals surface area (Å²) in [4.78, 5) is 64.6. The molecule has 0 aromatic heterocycles. The summed E-state index contributed by atoms with van der Waals surface area (Å²) in [6.45, 7) is 3.64. The molecule has 0 aliphatic carbocycles. The Kier molecular flexibility index (Phi) is 24.3. The minimum atomic E-state index is -4.56. The van der Waals surface area contributed by atoms with Crippen molar-refractivity contribution in [3.63, 3.8) is 0 Å². The van der Waals surface area contributed by atoms with Crippen molar-refractivity contribution in [3.8, 4) is 11.5 Å². The summed E-state index contributed by atoms with van der Waals surface area (Å²) >= 11 is 22.1. The first-order valence-electron chi connectivity index (χ1n) is 24.1. The minimum absolute atomic E-state index is 0.00318. The molecule has 0 spiro atoms. The van der Waals surface area contributed by atoms with E-state index in [2.05, 4.69) is 21.3 Å². The van der Waals surface area contributed by atoms with E-state index in [1.807, 2.05) is 6.26 Å². The number of carboxylic acid groups (broad SMARTS) is 1. The van der Waals surface area contributed by atoms with Crippen molar-refractivity contribution in [1.82, 2.24) is 0 Å². The number of alkyl halides is 3. The van der Waals surface area contributed by atoms with E-state index >= 15 is 0 Å². The number of benzene rings is 6. The highest BCUT2D eigenvalue weighted by molar-refractivity contribution is 7.99. The van der Waals surface area contributed by atoms with Crippen LogP contribution in [0.25, 0.3) is 0 Å². The Morgan fingerprint density at radius 3 is 1.56 bits per heavy atom. The first kappa shape index (κ1) is 66.6. The maximum atomic E-state index is 13.3. The Balaban J connectivity index is 0.000000301. The normalized spacial score (nSPS) is 12.3. The van der Waals surface area contributed by atoms with Crippen LogP contribution in [0.1, 0.15) is 59.4 Å². The van der Waals surface area contributed by atoms with Crippen molar-refractivity contribution in [2.45, 2.75) is 74.3 Å². The van der Waals surface area contributed by atoms with Gasteiger partial charge in [-0.1, -0.05) is 48.7 Å². The minimum Gasteiger partial charge on any atom is -0.506 e. The number of amides is 4. The predicted octanol–water partition coefficient (Wildman–Crippen LogP) is 12.7. The van der Waals surface area contributed by atoms with Crippen molar-refractivity contribution in [1.29, 1.82) is 0 Å². The van der Waals surface area contributed by atoms with Gasteiger partial charge in [0.1, 0.15) is 22.0 Å². The fraction of sp³-hybridized carbons (Fsp3) is 0.241. The molecule has 6 aromatic rings. The van der Waals surface area contributed by atoms with E-state index in [9.17, 15) is 64.2 Å². The second-order valence-corrected chi connectivity index (χ2v) is 25.8. The zero-order chi connectivity index (χ0) is 60.7. The monoisotopic (exact) mass is 1290 g/mol. The third kappa shape index (κ3) is 17.9. The fourth-order valence-corrected chi connectivity index (χ4v) is 13.3. The van der Waals surface area contributed by atoms with E-state index in [0.29, 0.717) is 17.3 Å². The molecule has 4 amide bonds. The number of aliphatic carboxylic acids is 1. The van der Waals surface area contributed by atoms with Crippen molar-refractivity contribution in [2.75, 3.05) is 52.7 Å². The number of rotatable bonds is 23. The molecule has 0 saturated heterocycles. The zero-order valence-corrected chi connectivity index (χ0v) is 50.0. The first-order chi connectivity index (χ1) is 38.6. The molecule has 2 unspecified atom stereocenters. The van der Waals surface area contributed by atoms with Crippen molar-refractivity contribution in [3.05, 3.63) is 147 Å². The number of anilines is 4. The van der Waals surface area contributed by atoms with Crippen LogP contribution in [0.3, 0.4) is 0 Å². The second-order valence-electron chi connectivity index (χ2n) is 17.2. The molecule has 0 fully saturated rings. The molecule has 6 rings (SSSR count). The van der Waals surface area contributed by atoms with Crippen LogP contribution in [0.4, 0.5) is 35.9 Å². The molecule has 28 heteroatoms. The Bertz CT molecular complexity index is 3530. The number of halogens is 6. The van der Waals surface area contributed by atoms with Crippen LogP contribution in [-0.4, -0.2) is 104 Å². The maximum absolute atomic E-state index is 13.3. The van der Waals surface area contributed by atoms with Crippen molar-refractivity contribution in [2.24, 2.45) is 0 Å². The fourth-order valence-electron chi connectivity index (χ4n) is 7.31. The molecule has 438 valence electrons. The summed E-state index contributed by atoms with van der Waals surface area (Å²) in [5.41, 5.74) is -1.13. The van der Waals surface area contributed by atoms with Crippen LogP contribution in [0, 0.1) is 0 Å².